The number of nitrogens with zero attached hydrogens (tertiary/aromatic N) is 2. The van der Waals surface area contributed by atoms with Gasteiger partial charge in [0.2, 0.25) is 0 Å². The molecular formula is C16H25N2O2SSi2-. The molecule has 1 rings (SSSR count). The van der Waals surface area contributed by atoms with Gasteiger partial charge in [0, 0.05) is 5.33 Å². The van der Waals surface area contributed by atoms with Crippen LogP contribution in [-0.4, -0.2) is 29.9 Å². The van der Waals surface area contributed by atoms with Gasteiger partial charge in [-0.25, -0.2) is 8.42 Å². The zero-order valence-corrected chi connectivity index (χ0v) is 17.7. The van der Waals surface area contributed by atoms with Crippen molar-refractivity contribution in [2.24, 2.45) is 5.10 Å². The zero-order chi connectivity index (χ0) is 17.9. The van der Waals surface area contributed by atoms with Crippen molar-refractivity contribution in [1.29, 1.82) is 0 Å². The minimum Gasteiger partial charge on any atom is -0.490 e. The van der Waals surface area contributed by atoms with Gasteiger partial charge in [-0.05, 0) is 19.1 Å². The van der Waals surface area contributed by atoms with Crippen LogP contribution in [0.3, 0.4) is 0 Å². The predicted octanol–water partition coefficient (Wildman–Crippen LogP) is 4.17. The summed E-state index contributed by atoms with van der Waals surface area (Å²) in [6, 6.07) is 6.59. The Hall–Kier alpha value is -1.37. The van der Waals surface area contributed by atoms with Gasteiger partial charge < -0.3 is 9.93 Å². The van der Waals surface area contributed by atoms with Crippen LogP contribution < -0.4 is 0 Å². The van der Waals surface area contributed by atoms with Crippen LogP contribution in [0.5, 0.6) is 0 Å². The molecule has 0 radical (unpaired) electrons. The number of benzene rings is 1. The van der Waals surface area contributed by atoms with E-state index in [4.69, 9.17) is 0 Å². The maximum Gasteiger partial charge on any atom is 0.135 e. The number of rotatable bonds is 4. The molecule has 0 heterocycles. The first-order valence-corrected chi connectivity index (χ1v) is 15.9. The molecule has 0 unspecified atom stereocenters. The third-order valence-electron chi connectivity index (χ3n) is 2.83. The van der Waals surface area contributed by atoms with Crippen molar-refractivity contribution in [3.05, 3.63) is 34.7 Å². The van der Waals surface area contributed by atoms with Crippen molar-refractivity contribution < 1.29 is 8.42 Å². The van der Waals surface area contributed by atoms with Crippen molar-refractivity contribution >= 4 is 31.5 Å². The molecule has 0 bridgehead atoms. The van der Waals surface area contributed by atoms with Crippen molar-refractivity contribution in [1.82, 2.24) is 0 Å². The Labute approximate surface area is 142 Å². The Balaban J connectivity index is 3.13. The predicted molar refractivity (Wildman–Crippen MR) is 104 cm³/mol. The highest BCUT2D eigenvalue weighted by molar-refractivity contribution is 7.94. The van der Waals surface area contributed by atoms with Gasteiger partial charge in [-0.15, -0.1) is 5.54 Å². The summed E-state index contributed by atoms with van der Waals surface area (Å²) >= 11 is 0. The topological polar surface area (TPSA) is 60.6 Å². The van der Waals surface area contributed by atoms with Gasteiger partial charge in [0.05, 0.1) is 4.90 Å². The molecule has 1 aromatic carbocycles. The molecule has 0 fully saturated rings. The lowest BCUT2D eigenvalue weighted by atomic mass is 10.2. The van der Waals surface area contributed by atoms with Crippen LogP contribution in [0.4, 0.5) is 0 Å². The molecule has 0 saturated heterocycles. The van der Waals surface area contributed by atoms with Crippen molar-refractivity contribution in [3.8, 4) is 11.5 Å². The quantitative estimate of drug-likeness (QED) is 0.264. The SMILES string of the molecule is Cc1ccc(S(=O)(=O)[N-]/N=[13C](/C#C[Si](C)(C)C)[Si](C)(C)C)cc1. The normalized spacial score (nSPS) is 13.3. The van der Waals surface area contributed by atoms with Crippen LogP contribution >= 0.6 is 0 Å². The lowest BCUT2D eigenvalue weighted by Crippen LogP contribution is -2.33. The molecule has 0 aliphatic rings. The standard InChI is InChI=1S/C16H25N2O2SSi2/c1-14-8-10-15(11-9-14)21(19,20)18-17-16(23(5,6)7)12-13-22(2,3)4/h8-11H,1-7H3/q-1/b17-16-/i16+1. The van der Waals surface area contributed by atoms with E-state index < -0.39 is 26.2 Å². The summed E-state index contributed by atoms with van der Waals surface area (Å²) in [5.41, 5.74) is 4.25. The monoisotopic (exact) mass is 366 g/mol. The Morgan fingerprint density at radius 2 is 1.57 bits per heavy atom. The van der Waals surface area contributed by atoms with Crippen LogP contribution in [0.2, 0.25) is 39.3 Å². The fraction of sp³-hybridized carbons (Fsp3) is 0.438. The highest BCUT2D eigenvalue weighted by Crippen LogP contribution is 2.19. The summed E-state index contributed by atoms with van der Waals surface area (Å²) in [5.74, 6) is 3.10. The highest BCUT2D eigenvalue weighted by atomic mass is 32.2. The van der Waals surface area contributed by atoms with Gasteiger partial charge >= 0.3 is 0 Å². The summed E-state index contributed by atoms with van der Waals surface area (Å²) in [6.45, 7) is 14.6. The first-order chi connectivity index (χ1) is 10.3. The highest BCUT2D eigenvalue weighted by Gasteiger charge is 2.19. The fourth-order valence-corrected chi connectivity index (χ4v) is 3.70. The summed E-state index contributed by atoms with van der Waals surface area (Å²) < 4.78 is 24.6. The third-order valence-corrected chi connectivity index (χ3v) is 6.52. The largest absolute Gasteiger partial charge is 0.490 e. The van der Waals surface area contributed by atoms with Gasteiger partial charge in [-0.2, -0.15) is 0 Å². The van der Waals surface area contributed by atoms with Crippen LogP contribution in [-0.2, 0) is 10.0 Å². The van der Waals surface area contributed by atoms with Crippen LogP contribution in [0, 0.1) is 18.4 Å². The Morgan fingerprint density at radius 1 is 1.04 bits per heavy atom. The summed E-state index contributed by atoms with van der Waals surface area (Å²) in [4.78, 5) is 3.78. The van der Waals surface area contributed by atoms with Gasteiger partial charge in [-0.3, -0.25) is 0 Å². The molecule has 0 aliphatic heterocycles. The number of hydrogen-bond acceptors (Lipinski definition) is 3. The second-order valence-electron chi connectivity index (χ2n) is 7.57. The molecule has 0 aromatic heterocycles. The molecule has 0 spiro atoms. The Kier molecular flexibility index (Phi) is 6.02. The van der Waals surface area contributed by atoms with Crippen LogP contribution in [0.1, 0.15) is 5.56 Å². The van der Waals surface area contributed by atoms with E-state index in [0.29, 0.717) is 5.33 Å². The first-order valence-electron chi connectivity index (χ1n) is 7.47. The van der Waals surface area contributed by atoms with E-state index in [0.717, 1.165) is 5.56 Å². The average Bonchev–Trinajstić information content (AvgIpc) is 2.36. The van der Waals surface area contributed by atoms with E-state index in [-0.39, 0.29) is 4.90 Å². The molecule has 0 aliphatic carbocycles. The molecule has 7 heteroatoms. The first kappa shape index (κ1) is 19.7. The van der Waals surface area contributed by atoms with Gasteiger partial charge in [-0.1, -0.05) is 62.9 Å². The van der Waals surface area contributed by atoms with Crippen molar-refractivity contribution in [3.63, 3.8) is 0 Å². The van der Waals surface area contributed by atoms with Gasteiger partial charge in [0.1, 0.15) is 26.2 Å². The van der Waals surface area contributed by atoms with Gasteiger partial charge in [0.25, 0.3) is 0 Å². The molecule has 126 valence electrons. The fourth-order valence-electron chi connectivity index (χ4n) is 1.46. The maximum atomic E-state index is 12.3. The summed E-state index contributed by atoms with van der Waals surface area (Å²) in [5, 5.41) is 4.65. The second-order valence-corrected chi connectivity index (χ2v) is 18.9. The lowest BCUT2D eigenvalue weighted by molar-refractivity contribution is 0.602. The maximum absolute atomic E-state index is 12.3. The smallest absolute Gasteiger partial charge is 0.135 e. The second kappa shape index (κ2) is 7.03. The Morgan fingerprint density at radius 3 is 2.00 bits per heavy atom. The number of sulfonamides is 1. The lowest BCUT2D eigenvalue weighted by Gasteiger charge is -2.22. The van der Waals surface area contributed by atoms with E-state index in [1.165, 1.54) is 0 Å². The van der Waals surface area contributed by atoms with Gasteiger partial charge in [0.15, 0.2) is 0 Å². The van der Waals surface area contributed by atoms with Crippen LogP contribution in [0.15, 0.2) is 34.3 Å². The molecule has 0 amide bonds. The van der Waals surface area contributed by atoms with Crippen molar-refractivity contribution in [2.45, 2.75) is 51.1 Å². The molecule has 0 N–H and O–H groups in total. The van der Waals surface area contributed by atoms with E-state index in [1.54, 1.807) is 24.3 Å². The molecule has 23 heavy (non-hydrogen) atoms. The summed E-state index contributed by atoms with van der Waals surface area (Å²) in [7, 11) is -7.19. The molecule has 1 aromatic rings. The minimum atomic E-state index is -3.78. The van der Waals surface area contributed by atoms with E-state index in [9.17, 15) is 8.42 Å². The molecular weight excluding hydrogens is 341 g/mol. The van der Waals surface area contributed by atoms with E-state index in [1.807, 2.05) is 6.92 Å². The minimum absolute atomic E-state index is 0.153. The van der Waals surface area contributed by atoms with Crippen LogP contribution in [0.25, 0.3) is 4.83 Å². The van der Waals surface area contributed by atoms with E-state index in [2.05, 4.69) is 60.7 Å². The van der Waals surface area contributed by atoms with E-state index >= 15 is 0 Å². The average molecular weight is 367 g/mol. The Bertz CT molecular complexity index is 744. The molecule has 4 nitrogen and oxygen atoms in total. The van der Waals surface area contributed by atoms with Crippen molar-refractivity contribution in [2.75, 3.05) is 0 Å². The summed E-state index contributed by atoms with van der Waals surface area (Å²) in [6.07, 6.45) is 0. The number of hydrogen-bond donors (Lipinski definition) is 0. The zero-order valence-electron chi connectivity index (χ0n) is 14.9. The molecule has 0 saturated carbocycles. The third kappa shape index (κ3) is 6.73. The molecule has 0 atom stereocenters. The number of aryl methyl sites for hydroxylation is 1.